The van der Waals surface area contributed by atoms with E-state index in [4.69, 9.17) is 0 Å². The first-order valence-electron chi connectivity index (χ1n) is 5.72. The average Bonchev–Trinajstić information content (AvgIpc) is 2.96. The summed E-state index contributed by atoms with van der Waals surface area (Å²) in [6.45, 7) is 0. The number of pyridine rings is 1. The van der Waals surface area contributed by atoms with Gasteiger partial charge in [-0.3, -0.25) is 19.8 Å². The topological polar surface area (TPSA) is 77.6 Å². The number of rotatable bonds is 2. The number of nitrogens with zero attached hydrogens (tertiary/aromatic N) is 5. The molecule has 0 aliphatic carbocycles. The molecule has 19 heavy (non-hydrogen) atoms. The average molecular weight is 256 g/mol. The summed E-state index contributed by atoms with van der Waals surface area (Å²) >= 11 is 0. The standard InChI is InChI=1S/C12H12N6O/c1-17-6-4-9(16-17)11(19)15-12-14-8-3-5-13-7-10(8)18(12)2/h3-7H,1-2H3,(H,14,15,19). The lowest BCUT2D eigenvalue weighted by Gasteiger charge is -2.02. The van der Waals surface area contributed by atoms with Crippen molar-refractivity contribution in [3.8, 4) is 0 Å². The maximum atomic E-state index is 12.0. The number of aromatic nitrogens is 5. The lowest BCUT2D eigenvalue weighted by molar-refractivity contribution is 0.102. The minimum absolute atomic E-state index is 0.285. The zero-order valence-corrected chi connectivity index (χ0v) is 10.5. The molecule has 7 heteroatoms. The van der Waals surface area contributed by atoms with E-state index in [2.05, 4.69) is 20.4 Å². The molecule has 3 aromatic rings. The fraction of sp³-hybridized carbons (Fsp3) is 0.167. The molecule has 0 saturated heterocycles. The Morgan fingerprint density at radius 2 is 2.16 bits per heavy atom. The van der Waals surface area contributed by atoms with Gasteiger partial charge in [-0.1, -0.05) is 0 Å². The Morgan fingerprint density at radius 3 is 2.84 bits per heavy atom. The normalized spacial score (nSPS) is 10.8. The molecule has 0 aliphatic heterocycles. The predicted molar refractivity (Wildman–Crippen MR) is 69.7 cm³/mol. The lowest BCUT2D eigenvalue weighted by atomic mass is 10.4. The Kier molecular flexibility index (Phi) is 2.52. The second-order valence-electron chi connectivity index (χ2n) is 4.19. The van der Waals surface area contributed by atoms with Gasteiger partial charge in [-0.25, -0.2) is 4.98 Å². The van der Waals surface area contributed by atoms with E-state index in [1.165, 1.54) is 0 Å². The maximum absolute atomic E-state index is 12.0. The minimum Gasteiger partial charge on any atom is -0.312 e. The number of amides is 1. The highest BCUT2D eigenvalue weighted by atomic mass is 16.2. The van der Waals surface area contributed by atoms with Crippen LogP contribution in [0.4, 0.5) is 5.95 Å². The highest BCUT2D eigenvalue weighted by molar-refractivity contribution is 6.02. The maximum Gasteiger partial charge on any atom is 0.278 e. The summed E-state index contributed by atoms with van der Waals surface area (Å²) < 4.78 is 3.36. The van der Waals surface area contributed by atoms with E-state index in [0.717, 1.165) is 11.0 Å². The van der Waals surface area contributed by atoms with E-state index in [1.54, 1.807) is 47.0 Å². The molecule has 0 aliphatic rings. The van der Waals surface area contributed by atoms with Crippen molar-refractivity contribution in [1.29, 1.82) is 0 Å². The van der Waals surface area contributed by atoms with Crippen LogP contribution in [0.15, 0.2) is 30.7 Å². The highest BCUT2D eigenvalue weighted by Gasteiger charge is 2.13. The number of anilines is 1. The molecule has 1 amide bonds. The summed E-state index contributed by atoms with van der Waals surface area (Å²) in [6, 6.07) is 3.45. The fourth-order valence-corrected chi connectivity index (χ4v) is 1.85. The molecule has 0 aromatic carbocycles. The Hall–Kier alpha value is -2.70. The van der Waals surface area contributed by atoms with E-state index in [0.29, 0.717) is 11.6 Å². The third-order valence-electron chi connectivity index (χ3n) is 2.85. The Morgan fingerprint density at radius 1 is 1.32 bits per heavy atom. The van der Waals surface area contributed by atoms with E-state index in [-0.39, 0.29) is 5.91 Å². The number of hydrogen-bond donors (Lipinski definition) is 1. The molecule has 0 bridgehead atoms. The second kappa shape index (κ2) is 4.20. The molecular weight excluding hydrogens is 244 g/mol. The molecule has 0 atom stereocenters. The van der Waals surface area contributed by atoms with Crippen molar-refractivity contribution >= 4 is 22.9 Å². The molecule has 96 valence electrons. The summed E-state index contributed by atoms with van der Waals surface area (Å²) in [5, 5.41) is 6.78. The molecular formula is C12H12N6O. The van der Waals surface area contributed by atoms with Gasteiger partial charge < -0.3 is 4.57 Å². The lowest BCUT2D eigenvalue weighted by Crippen LogP contribution is -2.15. The van der Waals surface area contributed by atoms with Crippen LogP contribution in [-0.2, 0) is 14.1 Å². The predicted octanol–water partition coefficient (Wildman–Crippen LogP) is 0.954. The first-order chi connectivity index (χ1) is 9.15. The van der Waals surface area contributed by atoms with Gasteiger partial charge in [-0.2, -0.15) is 5.10 Å². The SMILES string of the molecule is Cn1ccc(C(=O)Nc2nc3ccncc3n2C)n1. The van der Waals surface area contributed by atoms with Crippen LogP contribution in [0.5, 0.6) is 0 Å². The third-order valence-corrected chi connectivity index (χ3v) is 2.85. The minimum atomic E-state index is -0.285. The number of carbonyl (C=O) groups excluding carboxylic acids is 1. The van der Waals surface area contributed by atoms with Crippen LogP contribution in [0.1, 0.15) is 10.5 Å². The number of hydrogen-bond acceptors (Lipinski definition) is 4. The number of nitrogens with one attached hydrogen (secondary N) is 1. The van der Waals surface area contributed by atoms with Gasteiger partial charge in [0.15, 0.2) is 5.69 Å². The molecule has 0 spiro atoms. The first kappa shape index (κ1) is 11.4. The fourth-order valence-electron chi connectivity index (χ4n) is 1.85. The zero-order chi connectivity index (χ0) is 13.4. The summed E-state index contributed by atoms with van der Waals surface area (Å²) in [7, 11) is 3.59. The molecule has 3 rings (SSSR count). The van der Waals surface area contributed by atoms with Gasteiger partial charge in [0, 0.05) is 26.5 Å². The molecule has 3 aromatic heterocycles. The molecule has 1 N–H and O–H groups in total. The van der Waals surface area contributed by atoms with Crippen molar-refractivity contribution < 1.29 is 4.79 Å². The van der Waals surface area contributed by atoms with Crippen molar-refractivity contribution in [3.63, 3.8) is 0 Å². The van der Waals surface area contributed by atoms with E-state index < -0.39 is 0 Å². The van der Waals surface area contributed by atoms with Gasteiger partial charge in [-0.05, 0) is 12.1 Å². The number of imidazole rings is 1. The van der Waals surface area contributed by atoms with Crippen molar-refractivity contribution in [2.24, 2.45) is 14.1 Å². The van der Waals surface area contributed by atoms with Crippen LogP contribution in [0, 0.1) is 0 Å². The largest absolute Gasteiger partial charge is 0.312 e. The van der Waals surface area contributed by atoms with E-state index >= 15 is 0 Å². The van der Waals surface area contributed by atoms with Crippen molar-refractivity contribution in [1.82, 2.24) is 24.3 Å². The number of carbonyl (C=O) groups is 1. The van der Waals surface area contributed by atoms with Crippen molar-refractivity contribution in [2.75, 3.05) is 5.32 Å². The van der Waals surface area contributed by atoms with E-state index in [9.17, 15) is 4.79 Å². The van der Waals surface area contributed by atoms with Crippen LogP contribution in [0.3, 0.4) is 0 Å². The van der Waals surface area contributed by atoms with Crippen LogP contribution in [-0.4, -0.2) is 30.2 Å². The molecule has 0 saturated carbocycles. The molecule has 0 radical (unpaired) electrons. The summed E-state index contributed by atoms with van der Waals surface area (Å²) in [5.41, 5.74) is 2.00. The number of aryl methyl sites for hydroxylation is 2. The molecule has 7 nitrogen and oxygen atoms in total. The third kappa shape index (κ3) is 1.95. The molecule has 0 unspecified atom stereocenters. The van der Waals surface area contributed by atoms with Crippen LogP contribution in [0.2, 0.25) is 0 Å². The van der Waals surface area contributed by atoms with Gasteiger partial charge in [0.25, 0.3) is 5.91 Å². The monoisotopic (exact) mass is 256 g/mol. The number of fused-ring (bicyclic) bond motifs is 1. The zero-order valence-electron chi connectivity index (χ0n) is 10.5. The molecule has 3 heterocycles. The van der Waals surface area contributed by atoms with E-state index in [1.807, 2.05) is 7.05 Å². The summed E-state index contributed by atoms with van der Waals surface area (Å²) in [5.74, 6) is 0.186. The Balaban J connectivity index is 1.93. The van der Waals surface area contributed by atoms with Crippen molar-refractivity contribution in [3.05, 3.63) is 36.4 Å². The highest BCUT2D eigenvalue weighted by Crippen LogP contribution is 2.16. The molecule has 0 fully saturated rings. The van der Waals surface area contributed by atoms with Crippen LogP contribution < -0.4 is 5.32 Å². The van der Waals surface area contributed by atoms with Gasteiger partial charge in [0.2, 0.25) is 5.95 Å². The Labute approximate surface area is 108 Å². The second-order valence-corrected chi connectivity index (χ2v) is 4.19. The van der Waals surface area contributed by atoms with Gasteiger partial charge >= 0.3 is 0 Å². The van der Waals surface area contributed by atoms with Crippen molar-refractivity contribution in [2.45, 2.75) is 0 Å². The smallest absolute Gasteiger partial charge is 0.278 e. The Bertz CT molecular complexity index is 757. The van der Waals surface area contributed by atoms with Crippen LogP contribution >= 0.6 is 0 Å². The van der Waals surface area contributed by atoms with Gasteiger partial charge in [0.1, 0.15) is 0 Å². The van der Waals surface area contributed by atoms with Gasteiger partial charge in [-0.15, -0.1) is 0 Å². The van der Waals surface area contributed by atoms with Crippen LogP contribution in [0.25, 0.3) is 11.0 Å². The summed E-state index contributed by atoms with van der Waals surface area (Å²) in [6.07, 6.45) is 5.09. The summed E-state index contributed by atoms with van der Waals surface area (Å²) in [4.78, 5) is 20.4. The quantitative estimate of drug-likeness (QED) is 0.740. The van der Waals surface area contributed by atoms with Gasteiger partial charge in [0.05, 0.1) is 17.2 Å². The first-order valence-corrected chi connectivity index (χ1v) is 5.72.